The van der Waals surface area contributed by atoms with Gasteiger partial charge in [-0.2, -0.15) is 0 Å². The molecule has 4 rings (SSSR count). The van der Waals surface area contributed by atoms with Crippen molar-refractivity contribution in [3.8, 4) is 0 Å². The van der Waals surface area contributed by atoms with Gasteiger partial charge in [0.25, 0.3) is 11.8 Å². The van der Waals surface area contributed by atoms with Crippen molar-refractivity contribution < 1.29 is 14.0 Å². The van der Waals surface area contributed by atoms with Gasteiger partial charge in [-0.15, -0.1) is 0 Å². The Hall–Kier alpha value is -4.39. The molecular weight excluding hydrogens is 443 g/mol. The summed E-state index contributed by atoms with van der Waals surface area (Å²) in [5.41, 5.74) is 4.17. The Bertz CT molecular complexity index is 1290. The van der Waals surface area contributed by atoms with Crippen LogP contribution in [0.2, 0.25) is 0 Å². The monoisotopic (exact) mass is 468 g/mol. The normalized spacial score (nSPS) is 11.5. The molecule has 0 radical (unpaired) electrons. The van der Waals surface area contributed by atoms with E-state index in [0.717, 1.165) is 16.7 Å². The molecule has 0 fully saturated rings. The van der Waals surface area contributed by atoms with Gasteiger partial charge in [0.1, 0.15) is 17.6 Å². The maximum absolute atomic E-state index is 13.7. The Kier molecular flexibility index (Phi) is 7.26. The second-order valence-corrected chi connectivity index (χ2v) is 8.32. The zero-order valence-corrected chi connectivity index (χ0v) is 19.5. The first-order chi connectivity index (χ1) is 16.9. The molecule has 2 amide bonds. The van der Waals surface area contributed by atoms with Crippen LogP contribution < -0.4 is 5.32 Å². The van der Waals surface area contributed by atoms with Gasteiger partial charge in [0.2, 0.25) is 0 Å². The average Bonchev–Trinajstić information content (AvgIpc) is 2.87. The summed E-state index contributed by atoms with van der Waals surface area (Å²) in [7, 11) is 0. The number of hydrogen-bond donors (Lipinski definition) is 1. The number of amides is 2. The van der Waals surface area contributed by atoms with E-state index in [-0.39, 0.29) is 12.2 Å². The van der Waals surface area contributed by atoms with Crippen LogP contribution in [0.1, 0.15) is 38.8 Å². The summed E-state index contributed by atoms with van der Waals surface area (Å²) in [6.07, 6.45) is 4.31. The third-order valence-corrected chi connectivity index (χ3v) is 5.58. The standard InChI is InChI=1S/C28H25FN4O2/c1-19-3-7-21(8-4-19)18-33(28(35)25-17-30-15-16-31-25)26(22-9-5-20(2)6-10-22)27(34)32-24-13-11-23(29)12-14-24/h3-17,26H,18H2,1-2H3,(H,32,34). The minimum atomic E-state index is -0.975. The van der Waals surface area contributed by atoms with Crippen molar-refractivity contribution in [2.75, 3.05) is 5.32 Å². The summed E-state index contributed by atoms with van der Waals surface area (Å²) >= 11 is 0. The lowest BCUT2D eigenvalue weighted by molar-refractivity contribution is -0.121. The van der Waals surface area contributed by atoms with E-state index >= 15 is 0 Å². The Morgan fingerprint density at radius 2 is 1.51 bits per heavy atom. The molecule has 4 aromatic rings. The molecule has 1 unspecified atom stereocenters. The predicted molar refractivity (Wildman–Crippen MR) is 132 cm³/mol. The van der Waals surface area contributed by atoms with E-state index < -0.39 is 23.7 Å². The van der Waals surface area contributed by atoms with Gasteiger partial charge in [0.05, 0.1) is 6.20 Å². The Labute approximate surface area is 203 Å². The van der Waals surface area contributed by atoms with Gasteiger partial charge in [0, 0.05) is 24.6 Å². The number of hydrogen-bond acceptors (Lipinski definition) is 4. The zero-order chi connectivity index (χ0) is 24.8. The smallest absolute Gasteiger partial charge is 0.275 e. The van der Waals surface area contributed by atoms with Crippen molar-refractivity contribution in [2.24, 2.45) is 0 Å². The van der Waals surface area contributed by atoms with Gasteiger partial charge in [-0.25, -0.2) is 9.37 Å². The fraction of sp³-hybridized carbons (Fsp3) is 0.143. The number of rotatable bonds is 7. The minimum absolute atomic E-state index is 0.131. The van der Waals surface area contributed by atoms with Crippen LogP contribution in [0.5, 0.6) is 0 Å². The summed E-state index contributed by atoms with van der Waals surface area (Å²) in [4.78, 5) is 37.0. The molecule has 0 saturated heterocycles. The van der Waals surface area contributed by atoms with Gasteiger partial charge in [-0.05, 0) is 49.2 Å². The largest absolute Gasteiger partial charge is 0.324 e. The van der Waals surface area contributed by atoms with Crippen LogP contribution in [0.3, 0.4) is 0 Å². The molecule has 0 aliphatic heterocycles. The van der Waals surface area contributed by atoms with Crippen LogP contribution in [0, 0.1) is 19.7 Å². The first kappa shape index (κ1) is 23.8. The summed E-state index contributed by atoms with van der Waals surface area (Å²) in [5.74, 6) is -1.26. The third-order valence-electron chi connectivity index (χ3n) is 5.58. The molecule has 0 bridgehead atoms. The molecule has 6 nitrogen and oxygen atoms in total. The van der Waals surface area contributed by atoms with E-state index in [2.05, 4.69) is 15.3 Å². The zero-order valence-electron chi connectivity index (χ0n) is 19.5. The van der Waals surface area contributed by atoms with Crippen molar-refractivity contribution in [1.29, 1.82) is 0 Å². The van der Waals surface area contributed by atoms with Crippen LogP contribution >= 0.6 is 0 Å². The van der Waals surface area contributed by atoms with Crippen LogP contribution in [-0.2, 0) is 11.3 Å². The van der Waals surface area contributed by atoms with Gasteiger partial charge >= 0.3 is 0 Å². The highest BCUT2D eigenvalue weighted by atomic mass is 19.1. The van der Waals surface area contributed by atoms with Crippen molar-refractivity contribution in [3.05, 3.63) is 125 Å². The summed E-state index contributed by atoms with van der Waals surface area (Å²) < 4.78 is 13.4. The topological polar surface area (TPSA) is 75.2 Å². The second kappa shape index (κ2) is 10.7. The van der Waals surface area contributed by atoms with Crippen molar-refractivity contribution in [3.63, 3.8) is 0 Å². The second-order valence-electron chi connectivity index (χ2n) is 8.32. The van der Waals surface area contributed by atoms with Crippen LogP contribution in [0.25, 0.3) is 0 Å². The molecule has 7 heteroatoms. The van der Waals surface area contributed by atoms with Crippen molar-refractivity contribution >= 4 is 17.5 Å². The van der Waals surface area contributed by atoms with E-state index in [0.29, 0.717) is 11.3 Å². The fourth-order valence-corrected chi connectivity index (χ4v) is 3.69. The molecule has 1 aromatic heterocycles. The number of halogens is 1. The van der Waals surface area contributed by atoms with E-state index in [1.807, 2.05) is 62.4 Å². The van der Waals surface area contributed by atoms with Gasteiger partial charge in [-0.1, -0.05) is 59.7 Å². The number of nitrogens with zero attached hydrogens (tertiary/aromatic N) is 3. The molecular formula is C28H25FN4O2. The lowest BCUT2D eigenvalue weighted by Crippen LogP contribution is -2.41. The highest BCUT2D eigenvalue weighted by molar-refractivity contribution is 6.00. The van der Waals surface area contributed by atoms with Crippen LogP contribution in [0.15, 0.2) is 91.4 Å². The molecule has 35 heavy (non-hydrogen) atoms. The molecule has 176 valence electrons. The Morgan fingerprint density at radius 1 is 0.886 bits per heavy atom. The lowest BCUT2D eigenvalue weighted by Gasteiger charge is -2.31. The molecule has 0 aliphatic rings. The first-order valence-electron chi connectivity index (χ1n) is 11.2. The molecule has 0 aliphatic carbocycles. The predicted octanol–water partition coefficient (Wildman–Crippen LogP) is 5.25. The SMILES string of the molecule is Cc1ccc(CN(C(=O)c2cnccn2)C(C(=O)Nc2ccc(F)cc2)c2ccc(C)cc2)cc1. The maximum Gasteiger partial charge on any atom is 0.275 e. The number of benzene rings is 3. The van der Waals surface area contributed by atoms with E-state index in [1.165, 1.54) is 47.8 Å². The maximum atomic E-state index is 13.7. The number of carbonyl (C=O) groups is 2. The molecule has 0 saturated carbocycles. The quantitative estimate of drug-likeness (QED) is 0.402. The average molecular weight is 469 g/mol. The summed E-state index contributed by atoms with van der Waals surface area (Å²) in [6, 6.07) is 19.7. The highest BCUT2D eigenvalue weighted by Crippen LogP contribution is 2.27. The van der Waals surface area contributed by atoms with E-state index in [9.17, 15) is 14.0 Å². The number of nitrogens with one attached hydrogen (secondary N) is 1. The summed E-state index contributed by atoms with van der Waals surface area (Å²) in [6.45, 7) is 4.11. The molecule has 0 spiro atoms. The number of aryl methyl sites for hydroxylation is 2. The highest BCUT2D eigenvalue weighted by Gasteiger charge is 2.33. The lowest BCUT2D eigenvalue weighted by atomic mass is 10.0. The molecule has 3 aromatic carbocycles. The van der Waals surface area contributed by atoms with Gasteiger partial charge < -0.3 is 10.2 Å². The molecule has 1 heterocycles. The van der Waals surface area contributed by atoms with Crippen molar-refractivity contribution in [2.45, 2.75) is 26.4 Å². The van der Waals surface area contributed by atoms with Crippen molar-refractivity contribution in [1.82, 2.24) is 14.9 Å². The van der Waals surface area contributed by atoms with E-state index in [4.69, 9.17) is 0 Å². The minimum Gasteiger partial charge on any atom is -0.324 e. The Balaban J connectivity index is 1.77. The van der Waals surface area contributed by atoms with Gasteiger partial charge in [-0.3, -0.25) is 14.6 Å². The van der Waals surface area contributed by atoms with Crippen LogP contribution in [-0.4, -0.2) is 26.7 Å². The number of anilines is 1. The van der Waals surface area contributed by atoms with Crippen LogP contribution in [0.4, 0.5) is 10.1 Å². The number of carbonyl (C=O) groups excluding carboxylic acids is 2. The molecule has 1 atom stereocenters. The fourth-order valence-electron chi connectivity index (χ4n) is 3.69. The third kappa shape index (κ3) is 5.95. The first-order valence-corrected chi connectivity index (χ1v) is 11.2. The summed E-state index contributed by atoms with van der Waals surface area (Å²) in [5, 5.41) is 2.83. The number of aromatic nitrogens is 2. The Morgan fingerprint density at radius 3 is 2.11 bits per heavy atom. The van der Waals surface area contributed by atoms with E-state index in [1.54, 1.807) is 0 Å². The van der Waals surface area contributed by atoms with Gasteiger partial charge in [0.15, 0.2) is 0 Å². The molecule has 1 N–H and O–H groups in total.